The number of rotatable bonds is 3. The average molecular weight is 332 g/mol. The van der Waals surface area contributed by atoms with Crippen LogP contribution in [0.5, 0.6) is 0 Å². The first-order chi connectivity index (χ1) is 7.63. The van der Waals surface area contributed by atoms with E-state index in [1.807, 2.05) is 30.3 Å². The Labute approximate surface area is 115 Å². The fraction of sp³-hybridized carbons (Fsp3) is 0.500. The maximum atomic E-state index is 3.69. The van der Waals surface area contributed by atoms with E-state index in [4.69, 9.17) is 0 Å². The van der Waals surface area contributed by atoms with Crippen LogP contribution >= 0.6 is 14.2 Å². The van der Waals surface area contributed by atoms with Gasteiger partial charge >= 0.3 is 27.9 Å². The van der Waals surface area contributed by atoms with E-state index in [1.165, 1.54) is 0 Å². The van der Waals surface area contributed by atoms with Crippen LogP contribution in [-0.4, -0.2) is 51.1 Å². The smallest absolute Gasteiger partial charge is 0.171 e. The minimum Gasteiger partial charge on any atom is -0.184 e. The first kappa shape index (κ1) is 18.5. The molecule has 0 fully saturated rings. The van der Waals surface area contributed by atoms with Crippen molar-refractivity contribution < 1.29 is 13.7 Å². The van der Waals surface area contributed by atoms with Crippen LogP contribution < -0.4 is 0 Å². The summed E-state index contributed by atoms with van der Waals surface area (Å²) < 4.78 is 0. The molecule has 16 heavy (non-hydrogen) atoms. The molecule has 0 spiro atoms. The Bertz CT molecular complexity index is 171. The van der Waals surface area contributed by atoms with E-state index in [9.17, 15) is 0 Å². The van der Waals surface area contributed by atoms with Crippen LogP contribution in [0, 0.1) is 6.07 Å². The maximum absolute atomic E-state index is 3.69. The zero-order valence-electron chi connectivity index (χ0n) is 10.4. The molecule has 1 aromatic carbocycles. The molecular weight excluding hydrogens is 311 g/mol. The fourth-order valence-electron chi connectivity index (χ4n) is 0.742. The Morgan fingerprint density at radius 1 is 0.875 bits per heavy atom. The van der Waals surface area contributed by atoms with E-state index in [-0.39, 0.29) is 0 Å². The van der Waals surface area contributed by atoms with Gasteiger partial charge in [0.2, 0.25) is 0 Å². The summed E-state index contributed by atoms with van der Waals surface area (Å²) in [6.07, 6.45) is 0. The van der Waals surface area contributed by atoms with Crippen LogP contribution in [-0.2, 0) is 13.7 Å². The van der Waals surface area contributed by atoms with E-state index < -0.39 is 0 Å². The summed E-state index contributed by atoms with van der Waals surface area (Å²) in [5, 5.41) is 0. The van der Waals surface area contributed by atoms with Crippen LogP contribution in [0.4, 0.5) is 0 Å². The quantitative estimate of drug-likeness (QED) is 0.620. The van der Waals surface area contributed by atoms with Crippen LogP contribution in [0.1, 0.15) is 0 Å². The number of nitrogens with zero attached hydrogens (tertiary/aromatic N) is 2. The predicted octanol–water partition coefficient (Wildman–Crippen LogP) is 2.44. The van der Waals surface area contributed by atoms with Crippen molar-refractivity contribution in [1.29, 1.82) is 0 Å². The largest absolute Gasteiger partial charge is 0.184 e. The molecule has 0 amide bonds. The van der Waals surface area contributed by atoms with Crippen molar-refractivity contribution in [1.82, 2.24) is 9.80 Å². The Balaban J connectivity index is 0. The third kappa shape index (κ3) is 19.7. The van der Waals surface area contributed by atoms with E-state index in [1.54, 1.807) is 0 Å². The van der Waals surface area contributed by atoms with Gasteiger partial charge in [0.15, 0.2) is 0 Å². The molecular formula is C12H21BrN2Ni-. The molecule has 1 aromatic rings. The van der Waals surface area contributed by atoms with Gasteiger partial charge in [-0.15, -0.1) is 0 Å². The third-order valence-corrected chi connectivity index (χ3v) is 1.60. The second kappa shape index (κ2) is 15.1. The minimum atomic E-state index is 1.15. The Hall–Kier alpha value is 0.114. The monoisotopic (exact) mass is 330 g/mol. The topological polar surface area (TPSA) is 6.48 Å². The van der Waals surface area contributed by atoms with Gasteiger partial charge in [0.05, 0.1) is 0 Å². The van der Waals surface area contributed by atoms with Gasteiger partial charge < -0.3 is 9.80 Å². The maximum Gasteiger partial charge on any atom is -0.171 e. The van der Waals surface area contributed by atoms with Gasteiger partial charge in [0.25, 0.3) is 0 Å². The molecule has 2 nitrogen and oxygen atoms in total. The molecule has 0 bridgehead atoms. The van der Waals surface area contributed by atoms with Crippen molar-refractivity contribution in [3.05, 3.63) is 36.4 Å². The Morgan fingerprint density at radius 2 is 1.25 bits per heavy atom. The van der Waals surface area contributed by atoms with Gasteiger partial charge in [-0.2, -0.15) is 36.4 Å². The molecule has 0 atom stereocenters. The standard InChI is InChI=1S/C6H16N2.C6H5.BrH.Ni/c1-7(2)5-6-8(3)4;1-2-4-6-5-3-1;;/h5-6H2,1-4H3;1-5H;1H;/q;-1;;+1/p-1. The molecule has 0 aliphatic carbocycles. The molecule has 0 saturated heterocycles. The number of hydrogen-bond donors (Lipinski definition) is 0. The molecule has 1 rings (SSSR count). The van der Waals surface area contributed by atoms with E-state index in [0.29, 0.717) is 0 Å². The molecule has 4 heteroatoms. The fourth-order valence-corrected chi connectivity index (χ4v) is 0.742. The van der Waals surface area contributed by atoms with Crippen molar-refractivity contribution in [2.45, 2.75) is 0 Å². The summed E-state index contributed by atoms with van der Waals surface area (Å²) >= 11 is 6.25. The van der Waals surface area contributed by atoms with Gasteiger partial charge in [-0.05, 0) is 28.2 Å². The van der Waals surface area contributed by atoms with Gasteiger partial charge in [-0.25, -0.2) is 0 Å². The summed E-state index contributed by atoms with van der Waals surface area (Å²) in [5.74, 6) is 0. The van der Waals surface area contributed by atoms with Crippen LogP contribution in [0.2, 0.25) is 0 Å². The van der Waals surface area contributed by atoms with E-state index in [2.05, 4.69) is 72.0 Å². The Morgan fingerprint density at radius 3 is 1.38 bits per heavy atom. The summed E-state index contributed by atoms with van der Waals surface area (Å²) in [6.45, 7) is 2.29. The molecule has 0 heterocycles. The first-order valence-corrected chi connectivity index (χ1v) is 7.39. The Kier molecular flexibility index (Phi) is 17.5. The molecule has 0 aliphatic rings. The summed E-state index contributed by atoms with van der Waals surface area (Å²) in [7, 11) is 8.35. The van der Waals surface area contributed by atoms with Crippen molar-refractivity contribution in [3.8, 4) is 0 Å². The van der Waals surface area contributed by atoms with Gasteiger partial charge in [-0.3, -0.25) is 0 Å². The number of benzene rings is 1. The predicted molar refractivity (Wildman–Crippen MR) is 71.3 cm³/mol. The van der Waals surface area contributed by atoms with E-state index in [0.717, 1.165) is 13.1 Å². The van der Waals surface area contributed by atoms with Gasteiger partial charge in [-0.1, -0.05) is 0 Å². The summed E-state index contributed by atoms with van der Waals surface area (Å²) in [5.41, 5.74) is 0. The molecule has 97 valence electrons. The summed E-state index contributed by atoms with van der Waals surface area (Å²) in [4.78, 5) is 4.36. The van der Waals surface area contributed by atoms with Crippen molar-refractivity contribution in [2.75, 3.05) is 41.3 Å². The second-order valence-corrected chi connectivity index (χ2v) is 3.68. The van der Waals surface area contributed by atoms with Crippen molar-refractivity contribution in [2.24, 2.45) is 0 Å². The number of halogens is 1. The molecule has 0 unspecified atom stereocenters. The zero-order valence-corrected chi connectivity index (χ0v) is 13.0. The molecule has 0 aliphatic heterocycles. The second-order valence-electron chi connectivity index (χ2n) is 3.68. The molecule has 0 N–H and O–H groups in total. The van der Waals surface area contributed by atoms with Gasteiger partial charge in [0.1, 0.15) is 0 Å². The van der Waals surface area contributed by atoms with Gasteiger partial charge in [0, 0.05) is 13.1 Å². The number of likely N-dealkylation sites (N-methyl/N-ethyl adjacent to an activating group) is 2. The average Bonchev–Trinajstić information content (AvgIpc) is 2.32. The first-order valence-electron chi connectivity index (χ1n) is 4.95. The normalized spacial score (nSPS) is 9.06. The van der Waals surface area contributed by atoms with Crippen LogP contribution in [0.15, 0.2) is 30.3 Å². The van der Waals surface area contributed by atoms with Crippen LogP contribution in [0.25, 0.3) is 0 Å². The molecule has 0 saturated carbocycles. The molecule has 0 radical (unpaired) electrons. The molecule has 0 aromatic heterocycles. The van der Waals surface area contributed by atoms with Crippen molar-refractivity contribution in [3.63, 3.8) is 0 Å². The summed E-state index contributed by atoms with van der Waals surface area (Å²) in [6, 6.07) is 12.5. The SMILES string of the molecule is CN(C)CCN(C)C.[Ni][Br].[c-]1ccccc1. The third-order valence-electron chi connectivity index (χ3n) is 1.60. The van der Waals surface area contributed by atoms with Crippen molar-refractivity contribution >= 4 is 14.2 Å². The van der Waals surface area contributed by atoms with E-state index >= 15 is 0 Å². The van der Waals surface area contributed by atoms with Crippen LogP contribution in [0.3, 0.4) is 0 Å². The number of hydrogen-bond acceptors (Lipinski definition) is 2. The minimum absolute atomic E-state index is 1.15. The zero-order chi connectivity index (χ0) is 12.8.